The van der Waals surface area contributed by atoms with Crippen LogP contribution in [0.15, 0.2) is 111 Å². The Morgan fingerprint density at radius 2 is 1.48 bits per heavy atom. The van der Waals surface area contributed by atoms with Gasteiger partial charge in [0.25, 0.3) is 0 Å². The summed E-state index contributed by atoms with van der Waals surface area (Å²) in [5.74, 6) is 0. The van der Waals surface area contributed by atoms with Crippen LogP contribution >= 0.6 is 11.3 Å². The lowest BCUT2D eigenvalue weighted by Crippen LogP contribution is -1.96. The molecule has 0 bridgehead atoms. The van der Waals surface area contributed by atoms with Gasteiger partial charge in [0.2, 0.25) is 0 Å². The highest BCUT2D eigenvalue weighted by atomic mass is 32.2. The van der Waals surface area contributed by atoms with E-state index in [1.165, 1.54) is 16.9 Å². The van der Waals surface area contributed by atoms with E-state index in [4.69, 9.17) is 0 Å². The third-order valence-corrected chi connectivity index (χ3v) is 7.35. The number of benzene rings is 3. The molecule has 3 aromatic carbocycles. The number of nitrogens with zero attached hydrogens (tertiary/aromatic N) is 1. The second-order valence-electron chi connectivity index (χ2n) is 6.72. The lowest BCUT2D eigenvalue weighted by Gasteiger charge is -2.06. The molecular formula is C25H21NOS2. The van der Waals surface area contributed by atoms with Crippen LogP contribution in [0.25, 0.3) is 17.2 Å². The Morgan fingerprint density at radius 1 is 0.793 bits per heavy atom. The van der Waals surface area contributed by atoms with Crippen molar-refractivity contribution in [2.24, 2.45) is 4.36 Å². The summed E-state index contributed by atoms with van der Waals surface area (Å²) in [6.45, 7) is 2.02. The molecule has 144 valence electrons. The van der Waals surface area contributed by atoms with Gasteiger partial charge in [0.05, 0.1) is 4.90 Å². The average Bonchev–Trinajstić information content (AvgIpc) is 3.26. The summed E-state index contributed by atoms with van der Waals surface area (Å²) in [6, 6.07) is 30.1. The fraction of sp³-hybridized carbons (Fsp3) is 0.0400. The quantitative estimate of drug-likeness (QED) is 0.331. The molecule has 1 unspecified atom stereocenters. The van der Waals surface area contributed by atoms with Crippen molar-refractivity contribution in [3.05, 3.63) is 113 Å². The fourth-order valence-corrected chi connectivity index (χ4v) is 5.42. The van der Waals surface area contributed by atoms with Crippen LogP contribution in [0.1, 0.15) is 11.1 Å². The van der Waals surface area contributed by atoms with Gasteiger partial charge in [0.1, 0.15) is 14.7 Å². The Hall–Kier alpha value is -2.95. The van der Waals surface area contributed by atoms with Crippen molar-refractivity contribution in [3.8, 4) is 11.1 Å². The van der Waals surface area contributed by atoms with Crippen LogP contribution in [0.2, 0.25) is 0 Å². The number of hydrogen-bond donors (Lipinski definition) is 0. The van der Waals surface area contributed by atoms with E-state index in [0.29, 0.717) is 4.90 Å². The molecule has 0 amide bonds. The predicted molar refractivity (Wildman–Crippen MR) is 125 cm³/mol. The van der Waals surface area contributed by atoms with Crippen LogP contribution in [0.3, 0.4) is 0 Å². The third kappa shape index (κ3) is 4.73. The monoisotopic (exact) mass is 415 g/mol. The molecule has 0 saturated carbocycles. The molecule has 0 saturated heterocycles. The van der Waals surface area contributed by atoms with Crippen LogP contribution in [-0.4, -0.2) is 4.21 Å². The van der Waals surface area contributed by atoms with Crippen LogP contribution in [0.4, 0.5) is 5.00 Å². The van der Waals surface area contributed by atoms with Crippen LogP contribution < -0.4 is 0 Å². The summed E-state index contributed by atoms with van der Waals surface area (Å²) >= 11 is 1.49. The summed E-state index contributed by atoms with van der Waals surface area (Å²) in [5, 5.41) is 4.44. The van der Waals surface area contributed by atoms with Gasteiger partial charge in [-0.05, 0) is 59.3 Å². The van der Waals surface area contributed by atoms with Crippen molar-refractivity contribution in [2.75, 3.05) is 0 Å². The van der Waals surface area contributed by atoms with Gasteiger partial charge in [-0.2, -0.15) is 4.36 Å². The molecular weight excluding hydrogens is 394 g/mol. The zero-order valence-electron chi connectivity index (χ0n) is 16.1. The topological polar surface area (TPSA) is 29.4 Å². The van der Waals surface area contributed by atoms with Crippen molar-refractivity contribution < 1.29 is 4.21 Å². The zero-order valence-corrected chi connectivity index (χ0v) is 17.7. The molecule has 4 heteroatoms. The minimum Gasteiger partial charge on any atom is -0.240 e. The lowest BCUT2D eigenvalue weighted by atomic mass is 10.0. The van der Waals surface area contributed by atoms with E-state index in [0.717, 1.165) is 21.7 Å². The van der Waals surface area contributed by atoms with Crippen molar-refractivity contribution in [3.63, 3.8) is 0 Å². The van der Waals surface area contributed by atoms with Gasteiger partial charge in [0, 0.05) is 5.41 Å². The van der Waals surface area contributed by atoms with Crippen molar-refractivity contribution in [1.82, 2.24) is 0 Å². The smallest absolute Gasteiger partial charge is 0.126 e. The van der Waals surface area contributed by atoms with E-state index in [9.17, 15) is 4.21 Å². The molecule has 0 radical (unpaired) electrons. The molecule has 4 rings (SSSR count). The van der Waals surface area contributed by atoms with Crippen molar-refractivity contribution in [2.45, 2.75) is 11.8 Å². The first-order valence-electron chi connectivity index (χ1n) is 9.33. The van der Waals surface area contributed by atoms with Crippen molar-refractivity contribution in [1.29, 1.82) is 0 Å². The Balaban J connectivity index is 1.68. The Bertz CT molecular complexity index is 1210. The first kappa shape index (κ1) is 19.4. The molecule has 4 aromatic rings. The second-order valence-corrected chi connectivity index (χ2v) is 9.70. The summed E-state index contributed by atoms with van der Waals surface area (Å²) in [6.07, 6.45) is 1.90. The molecule has 1 heterocycles. The number of aryl methyl sites for hydroxylation is 1. The average molecular weight is 416 g/mol. The SMILES string of the molecule is Cc1ccc(S(=O)(/C=C/c2ccc(-c3ccccc3)cc2)=Nc2cccs2)cc1. The molecule has 1 atom stereocenters. The highest BCUT2D eigenvalue weighted by molar-refractivity contribution is 7.96. The van der Waals surface area contributed by atoms with Crippen LogP contribution in [-0.2, 0) is 9.73 Å². The van der Waals surface area contributed by atoms with E-state index in [2.05, 4.69) is 28.6 Å². The highest BCUT2D eigenvalue weighted by Crippen LogP contribution is 2.27. The minimum absolute atomic E-state index is 0.716. The Labute approximate surface area is 176 Å². The summed E-state index contributed by atoms with van der Waals surface area (Å²) in [7, 11) is -2.71. The maximum atomic E-state index is 13.8. The molecule has 1 aromatic heterocycles. The van der Waals surface area contributed by atoms with Gasteiger partial charge in [-0.3, -0.25) is 0 Å². The molecule has 0 fully saturated rings. The van der Waals surface area contributed by atoms with Gasteiger partial charge in [0.15, 0.2) is 0 Å². The Kier molecular flexibility index (Phi) is 5.74. The van der Waals surface area contributed by atoms with E-state index in [1.54, 1.807) is 5.41 Å². The highest BCUT2D eigenvalue weighted by Gasteiger charge is 2.10. The molecule has 29 heavy (non-hydrogen) atoms. The van der Waals surface area contributed by atoms with E-state index >= 15 is 0 Å². The number of hydrogen-bond acceptors (Lipinski definition) is 3. The minimum atomic E-state index is -2.71. The molecule has 2 nitrogen and oxygen atoms in total. The molecule has 0 aliphatic heterocycles. The van der Waals surface area contributed by atoms with Crippen molar-refractivity contribution >= 4 is 32.1 Å². The largest absolute Gasteiger partial charge is 0.240 e. The standard InChI is InChI=1S/C25H21NOS2/c1-20-9-15-24(16-10-20)29(27,26-25-8-5-18-28-25)19-17-21-11-13-23(14-12-21)22-6-3-2-4-7-22/h2-19H,1H3/b19-17+. The predicted octanol–water partition coefficient (Wildman–Crippen LogP) is 7.55. The van der Waals surface area contributed by atoms with Gasteiger partial charge < -0.3 is 0 Å². The van der Waals surface area contributed by atoms with Crippen LogP contribution in [0, 0.1) is 6.92 Å². The normalized spacial score (nSPS) is 13.3. The zero-order chi connectivity index (χ0) is 20.1. The number of thiophene rings is 1. The lowest BCUT2D eigenvalue weighted by molar-refractivity contribution is 0.683. The summed E-state index contributed by atoms with van der Waals surface area (Å²) < 4.78 is 18.4. The van der Waals surface area contributed by atoms with Crippen LogP contribution in [0.5, 0.6) is 0 Å². The Morgan fingerprint density at radius 3 is 2.14 bits per heavy atom. The van der Waals surface area contributed by atoms with E-state index in [-0.39, 0.29) is 0 Å². The van der Waals surface area contributed by atoms with Gasteiger partial charge in [-0.1, -0.05) is 72.3 Å². The molecule has 0 aliphatic rings. The maximum absolute atomic E-state index is 13.8. The summed E-state index contributed by atoms with van der Waals surface area (Å²) in [4.78, 5) is 0.716. The third-order valence-electron chi connectivity index (χ3n) is 4.55. The molecule has 0 spiro atoms. The van der Waals surface area contributed by atoms with E-state index in [1.807, 2.05) is 85.1 Å². The summed E-state index contributed by atoms with van der Waals surface area (Å²) in [5.41, 5.74) is 4.46. The van der Waals surface area contributed by atoms with Gasteiger partial charge >= 0.3 is 0 Å². The molecule has 0 aliphatic carbocycles. The first-order chi connectivity index (χ1) is 14.1. The number of rotatable bonds is 5. The maximum Gasteiger partial charge on any atom is 0.126 e. The fourth-order valence-electron chi connectivity index (χ4n) is 2.94. The first-order valence-corrected chi connectivity index (χ1v) is 11.8. The molecule has 0 N–H and O–H groups in total. The second kappa shape index (κ2) is 8.60. The van der Waals surface area contributed by atoms with E-state index < -0.39 is 9.73 Å². The van der Waals surface area contributed by atoms with Gasteiger partial charge in [-0.25, -0.2) is 4.21 Å². The van der Waals surface area contributed by atoms with Gasteiger partial charge in [-0.15, -0.1) is 11.3 Å².